The molecule has 4 rings (SSSR count). The van der Waals surface area contributed by atoms with Crippen LogP contribution >= 0.6 is 0 Å². The molecule has 2 saturated heterocycles. The number of ether oxygens (including phenoxy) is 6. The minimum Gasteiger partial charge on any atom is -0.458 e. The van der Waals surface area contributed by atoms with Gasteiger partial charge in [0.25, 0.3) is 6.47 Å². The molecule has 3 heterocycles. The fourth-order valence-electron chi connectivity index (χ4n) is 8.84. The van der Waals surface area contributed by atoms with Crippen molar-refractivity contribution in [3.63, 3.8) is 0 Å². The Morgan fingerprint density at radius 2 is 1.79 bits per heavy atom. The van der Waals surface area contributed by atoms with Crippen molar-refractivity contribution in [2.45, 2.75) is 142 Å². The van der Waals surface area contributed by atoms with Crippen LogP contribution in [0.25, 0.3) is 17.0 Å². The molecule has 4 N–H and O–H groups in total. The number of alkyl carbamates (subject to hydrolysis) is 1. The number of carbonyl (C=O) groups excluding carboxylic acids is 5. The van der Waals surface area contributed by atoms with E-state index in [0.29, 0.717) is 6.42 Å². The lowest BCUT2D eigenvalue weighted by atomic mass is 9.73. The van der Waals surface area contributed by atoms with E-state index < -0.39 is 89.7 Å². The van der Waals surface area contributed by atoms with Gasteiger partial charge in [-0.05, 0) is 78.7 Å². The van der Waals surface area contributed by atoms with Gasteiger partial charge in [0.2, 0.25) is 0 Å². The van der Waals surface area contributed by atoms with Gasteiger partial charge in [0.05, 0.1) is 35.7 Å². The number of aliphatic hydroxyl groups excluding tert-OH is 1. The van der Waals surface area contributed by atoms with E-state index in [-0.39, 0.29) is 43.8 Å². The number of amides is 1. The van der Waals surface area contributed by atoms with Crippen LogP contribution in [0.2, 0.25) is 0 Å². The Balaban J connectivity index is 1.79. The maximum Gasteiger partial charge on any atom is 0.408 e. The molecule has 14 atom stereocenters. The van der Waals surface area contributed by atoms with Crippen LogP contribution in [0.1, 0.15) is 87.1 Å². The Bertz CT molecular complexity index is 1880. The Labute approximate surface area is 359 Å². The molecule has 1 aromatic carbocycles. The Hall–Kier alpha value is -4.48. The molecule has 2 aliphatic rings. The van der Waals surface area contributed by atoms with Crippen molar-refractivity contribution in [2.75, 3.05) is 20.6 Å². The van der Waals surface area contributed by atoms with Crippen LogP contribution in [0.4, 0.5) is 4.79 Å². The number of esters is 2. The van der Waals surface area contributed by atoms with Gasteiger partial charge in [-0.15, -0.1) is 0 Å². The molecule has 61 heavy (non-hydrogen) atoms. The number of fused-ring (bicyclic) bond motifs is 1. The predicted octanol–water partition coefficient (Wildman–Crippen LogP) is 4.57. The van der Waals surface area contributed by atoms with E-state index in [2.05, 4.69) is 10.3 Å². The van der Waals surface area contributed by atoms with Gasteiger partial charge in [0.15, 0.2) is 18.0 Å². The van der Waals surface area contributed by atoms with Crippen molar-refractivity contribution in [3.05, 3.63) is 48.2 Å². The van der Waals surface area contributed by atoms with Crippen molar-refractivity contribution in [1.82, 2.24) is 15.2 Å². The lowest BCUT2D eigenvalue weighted by Crippen LogP contribution is -2.63. The Morgan fingerprint density at radius 1 is 1.10 bits per heavy atom. The van der Waals surface area contributed by atoms with Gasteiger partial charge in [0, 0.05) is 42.8 Å². The molecule has 0 saturated carbocycles. The smallest absolute Gasteiger partial charge is 0.408 e. The number of benzene rings is 1. The van der Waals surface area contributed by atoms with Crippen LogP contribution in [0.3, 0.4) is 0 Å². The van der Waals surface area contributed by atoms with Crippen molar-refractivity contribution in [3.8, 4) is 0 Å². The summed E-state index contributed by atoms with van der Waals surface area (Å²) >= 11 is 0. The van der Waals surface area contributed by atoms with Crippen LogP contribution in [-0.2, 0) is 47.6 Å². The zero-order valence-electron chi connectivity index (χ0n) is 37.4. The highest BCUT2D eigenvalue weighted by Gasteiger charge is 2.54. The molecule has 338 valence electrons. The number of nitrogens with one attached hydrogen (secondary N) is 1. The maximum absolute atomic E-state index is 14.4. The number of aromatic nitrogens is 1. The second-order valence-electron chi connectivity index (χ2n) is 17.4. The Kier molecular flexibility index (Phi) is 17.0. The third-order valence-electron chi connectivity index (χ3n) is 12.4. The van der Waals surface area contributed by atoms with Crippen LogP contribution in [0.5, 0.6) is 0 Å². The fraction of sp³-hybridized carbons (Fsp3) is 0.644. The van der Waals surface area contributed by atoms with Crippen LogP contribution < -0.4 is 11.1 Å². The third-order valence-corrected chi connectivity index (χ3v) is 12.4. The summed E-state index contributed by atoms with van der Waals surface area (Å²) < 4.78 is 36.8. The van der Waals surface area contributed by atoms with Crippen molar-refractivity contribution < 1.29 is 57.5 Å². The van der Waals surface area contributed by atoms with Gasteiger partial charge in [-0.1, -0.05) is 58.0 Å². The first-order valence-electron chi connectivity index (χ1n) is 21.1. The average molecular weight is 855 g/mol. The number of cyclic esters (lactones) is 1. The SMILES string of the molecule is CC[C@H]1OC(=O)[C@H](C)[C@@H](O)[C@H](C)[C@@H](O[C@@H]2O[C@H](C)C[C@H](N(C)C)[C@H]2OC(C)=O)[C@](C)(OC(=O)NC/C=C/c2cnc3ccccc3c2)C[C@@H](C)C(=O)[C@H](C)[C@@H](N)[C@]1(C)OC=O. The van der Waals surface area contributed by atoms with Gasteiger partial charge in [-0.25, -0.2) is 4.79 Å². The largest absolute Gasteiger partial charge is 0.458 e. The van der Waals surface area contributed by atoms with Gasteiger partial charge >= 0.3 is 18.0 Å². The van der Waals surface area contributed by atoms with E-state index in [0.717, 1.165) is 16.5 Å². The van der Waals surface area contributed by atoms with E-state index in [1.807, 2.05) is 62.3 Å². The van der Waals surface area contributed by atoms with Gasteiger partial charge in [-0.3, -0.25) is 24.2 Å². The summed E-state index contributed by atoms with van der Waals surface area (Å²) in [4.78, 5) is 73.0. The molecule has 0 bridgehead atoms. The fourth-order valence-corrected chi connectivity index (χ4v) is 8.84. The first-order chi connectivity index (χ1) is 28.7. The van der Waals surface area contributed by atoms with E-state index >= 15 is 0 Å². The van der Waals surface area contributed by atoms with E-state index in [4.69, 9.17) is 34.2 Å². The summed E-state index contributed by atoms with van der Waals surface area (Å²) in [6.07, 6.45) is -1.58. The second-order valence-corrected chi connectivity index (χ2v) is 17.4. The minimum atomic E-state index is -1.74. The highest BCUT2D eigenvalue weighted by molar-refractivity contribution is 5.84. The van der Waals surface area contributed by atoms with E-state index in [1.165, 1.54) is 20.8 Å². The lowest BCUT2D eigenvalue weighted by molar-refractivity contribution is -0.300. The third kappa shape index (κ3) is 11.7. The number of nitrogens with zero attached hydrogens (tertiary/aromatic N) is 2. The number of Topliss-reactive ketones (excluding diaryl/α,β-unsaturated/α-hetero) is 1. The van der Waals surface area contributed by atoms with Gasteiger partial charge in [0.1, 0.15) is 23.6 Å². The lowest BCUT2D eigenvalue weighted by Gasteiger charge is -2.48. The normalized spacial score (nSPS) is 35.6. The summed E-state index contributed by atoms with van der Waals surface area (Å²) in [5, 5.41) is 15.8. The van der Waals surface area contributed by atoms with Crippen LogP contribution in [0, 0.1) is 23.7 Å². The molecule has 1 aromatic heterocycles. The Morgan fingerprint density at radius 3 is 2.43 bits per heavy atom. The highest BCUT2D eigenvalue weighted by atomic mass is 16.7. The first kappa shape index (κ1) is 49.2. The number of nitrogens with two attached hydrogens (primary N) is 1. The molecule has 16 heteroatoms. The first-order valence-corrected chi connectivity index (χ1v) is 21.1. The number of likely N-dealkylation sites (N-methyl/N-ethyl adjacent to an activating group) is 1. The van der Waals surface area contributed by atoms with Gasteiger partial charge in [-0.2, -0.15) is 0 Å². The minimum absolute atomic E-state index is 0.0465. The number of hydrogen-bond acceptors (Lipinski definition) is 15. The average Bonchev–Trinajstić information content (AvgIpc) is 3.21. The summed E-state index contributed by atoms with van der Waals surface area (Å²) in [6, 6.07) is 8.16. The maximum atomic E-state index is 14.4. The molecule has 2 fully saturated rings. The summed E-state index contributed by atoms with van der Waals surface area (Å²) in [5.74, 6) is -5.83. The van der Waals surface area contributed by atoms with E-state index in [9.17, 15) is 29.1 Å². The van der Waals surface area contributed by atoms with Crippen LogP contribution in [0.15, 0.2) is 42.6 Å². The quantitative estimate of drug-likeness (QED) is 0.160. The molecule has 2 aromatic rings. The number of pyridine rings is 1. The molecule has 2 aliphatic heterocycles. The number of rotatable bonds is 11. The zero-order valence-corrected chi connectivity index (χ0v) is 37.4. The molecular formula is C45H66N4O12. The number of ketones is 1. The molecular weight excluding hydrogens is 789 g/mol. The second kappa shape index (κ2) is 21.1. The van der Waals surface area contributed by atoms with Crippen molar-refractivity contribution in [2.24, 2.45) is 29.4 Å². The molecule has 0 spiro atoms. The monoisotopic (exact) mass is 854 g/mol. The number of hydrogen-bond donors (Lipinski definition) is 3. The highest BCUT2D eigenvalue weighted by Crippen LogP contribution is 2.40. The standard InChI is InChI=1S/C45H66N4O12/c1-12-35-45(9,56-24-50)39(46)27(4)36(52)25(2)22-44(8,61-43(55)47-19-15-16-31-21-32-17-13-14-18-33(32)48-23-31)40(28(5)37(53)29(6)41(54)59-35)60-42-38(58-30(7)51)34(49(10)11)20-26(3)57-42/h13-18,21,23-29,34-35,37-40,42,53H,12,19-20,22,46H2,1-11H3,(H,47,55)/b16-15+/t25-,26-,27+,28+,29-,34+,35-,37+,38-,39-,40-,42+,44-,45-/m1/s1. The molecule has 0 radical (unpaired) electrons. The molecule has 0 aliphatic carbocycles. The number of para-hydroxylation sites is 1. The van der Waals surface area contributed by atoms with Gasteiger partial charge < -0.3 is 49.5 Å². The molecule has 1 amide bonds. The van der Waals surface area contributed by atoms with E-state index in [1.54, 1.807) is 46.9 Å². The van der Waals surface area contributed by atoms with Crippen molar-refractivity contribution in [1.29, 1.82) is 0 Å². The molecule has 0 unspecified atom stereocenters. The zero-order chi connectivity index (χ0) is 45.4. The summed E-state index contributed by atoms with van der Waals surface area (Å²) in [5.41, 5.74) is 5.04. The topological polar surface area (TPSA) is 215 Å². The summed E-state index contributed by atoms with van der Waals surface area (Å²) in [6.45, 7) is 14.6. The number of carbonyl (C=O) groups is 5. The van der Waals surface area contributed by atoms with Crippen LogP contribution in [-0.4, -0.2) is 126 Å². The summed E-state index contributed by atoms with van der Waals surface area (Å²) in [7, 11) is 3.68. The van der Waals surface area contributed by atoms with Crippen molar-refractivity contribution >= 4 is 47.3 Å². The molecule has 16 nitrogen and oxygen atoms in total. The number of aliphatic hydroxyl groups is 1. The predicted molar refractivity (Wildman–Crippen MR) is 227 cm³/mol.